The van der Waals surface area contributed by atoms with Gasteiger partial charge >= 0.3 is 0 Å². The van der Waals surface area contributed by atoms with E-state index in [1.165, 1.54) is 0 Å². The van der Waals surface area contributed by atoms with E-state index in [0.29, 0.717) is 23.6 Å². The van der Waals surface area contributed by atoms with Gasteiger partial charge in [-0.3, -0.25) is 0 Å². The zero-order valence-corrected chi connectivity index (χ0v) is 10.6. The van der Waals surface area contributed by atoms with Gasteiger partial charge in [-0.15, -0.1) is 0 Å². The summed E-state index contributed by atoms with van der Waals surface area (Å²) in [7, 11) is 1.68. The van der Waals surface area contributed by atoms with Gasteiger partial charge in [0.2, 0.25) is 5.95 Å². The number of nitrogens with zero attached hydrogens (tertiary/aromatic N) is 3. The van der Waals surface area contributed by atoms with Crippen LogP contribution in [0.25, 0.3) is 11.0 Å². The molecule has 0 saturated carbocycles. The van der Waals surface area contributed by atoms with E-state index in [-0.39, 0.29) is 6.04 Å². The van der Waals surface area contributed by atoms with Crippen LogP contribution in [0.15, 0.2) is 18.2 Å². The summed E-state index contributed by atoms with van der Waals surface area (Å²) in [6, 6.07) is 7.85. The zero-order chi connectivity index (χ0) is 13.1. The van der Waals surface area contributed by atoms with Crippen molar-refractivity contribution in [3.63, 3.8) is 0 Å². The van der Waals surface area contributed by atoms with Crippen LogP contribution in [0.1, 0.15) is 24.9 Å². The van der Waals surface area contributed by atoms with Gasteiger partial charge in [0, 0.05) is 19.8 Å². The van der Waals surface area contributed by atoms with Gasteiger partial charge in [0.1, 0.15) is 11.6 Å². The first-order valence-electron chi connectivity index (χ1n) is 5.84. The van der Waals surface area contributed by atoms with E-state index in [0.717, 1.165) is 11.9 Å². The van der Waals surface area contributed by atoms with Crippen LogP contribution in [0.3, 0.4) is 0 Å². The van der Waals surface area contributed by atoms with Gasteiger partial charge in [-0.05, 0) is 25.5 Å². The van der Waals surface area contributed by atoms with Crippen molar-refractivity contribution in [1.82, 2.24) is 9.55 Å². The number of ether oxygens (including phenoxy) is 1. The highest BCUT2D eigenvalue weighted by atomic mass is 16.5. The van der Waals surface area contributed by atoms with Gasteiger partial charge in [0.05, 0.1) is 11.1 Å². The van der Waals surface area contributed by atoms with Gasteiger partial charge < -0.3 is 15.0 Å². The van der Waals surface area contributed by atoms with Crippen LogP contribution < -0.4 is 5.73 Å². The van der Waals surface area contributed by atoms with Crippen molar-refractivity contribution < 1.29 is 4.74 Å². The third-order valence-electron chi connectivity index (χ3n) is 3.05. The first-order chi connectivity index (χ1) is 8.69. The fourth-order valence-electron chi connectivity index (χ4n) is 2.11. The van der Waals surface area contributed by atoms with E-state index >= 15 is 0 Å². The Morgan fingerprint density at radius 3 is 3.00 bits per heavy atom. The zero-order valence-electron chi connectivity index (χ0n) is 10.6. The average Bonchev–Trinajstić information content (AvgIpc) is 2.71. The van der Waals surface area contributed by atoms with E-state index < -0.39 is 0 Å². The number of hydrogen-bond donors (Lipinski definition) is 1. The Bertz CT molecular complexity index is 597. The highest BCUT2D eigenvalue weighted by molar-refractivity contribution is 5.84. The quantitative estimate of drug-likeness (QED) is 0.893. The van der Waals surface area contributed by atoms with E-state index in [1.807, 2.05) is 16.7 Å². The highest BCUT2D eigenvalue weighted by Gasteiger charge is 2.15. The Morgan fingerprint density at radius 1 is 1.56 bits per heavy atom. The fourth-order valence-corrected chi connectivity index (χ4v) is 2.11. The van der Waals surface area contributed by atoms with Gasteiger partial charge in [-0.2, -0.15) is 5.26 Å². The Kier molecular flexibility index (Phi) is 3.49. The molecule has 94 valence electrons. The summed E-state index contributed by atoms with van der Waals surface area (Å²) >= 11 is 0. The molecule has 18 heavy (non-hydrogen) atoms. The monoisotopic (exact) mass is 244 g/mol. The Labute approximate surface area is 106 Å². The normalized spacial score (nSPS) is 12.5. The molecule has 2 rings (SSSR count). The predicted molar refractivity (Wildman–Crippen MR) is 70.1 cm³/mol. The van der Waals surface area contributed by atoms with Crippen molar-refractivity contribution in [1.29, 1.82) is 5.26 Å². The lowest BCUT2D eigenvalue weighted by molar-refractivity contribution is 0.182. The van der Waals surface area contributed by atoms with Crippen LogP contribution in [-0.2, 0) is 4.74 Å². The number of methoxy groups -OCH3 is 1. The van der Waals surface area contributed by atoms with Gasteiger partial charge in [0.15, 0.2) is 0 Å². The van der Waals surface area contributed by atoms with E-state index in [1.54, 1.807) is 13.2 Å². The van der Waals surface area contributed by atoms with Crippen molar-refractivity contribution in [2.75, 3.05) is 19.5 Å². The van der Waals surface area contributed by atoms with Crippen molar-refractivity contribution >= 4 is 17.0 Å². The highest BCUT2D eigenvalue weighted by Crippen LogP contribution is 2.26. The van der Waals surface area contributed by atoms with Crippen LogP contribution >= 0.6 is 0 Å². The number of anilines is 1. The summed E-state index contributed by atoms with van der Waals surface area (Å²) in [6.45, 7) is 2.73. The molecule has 2 aromatic rings. The predicted octanol–water partition coefficient (Wildman–Crippen LogP) is 2.09. The lowest BCUT2D eigenvalue weighted by Gasteiger charge is -2.15. The van der Waals surface area contributed by atoms with E-state index in [2.05, 4.69) is 18.0 Å². The Balaban J connectivity index is 2.51. The van der Waals surface area contributed by atoms with Crippen LogP contribution in [0.5, 0.6) is 0 Å². The number of fused-ring (bicyclic) bond motifs is 1. The molecule has 0 radical (unpaired) electrons. The van der Waals surface area contributed by atoms with Crippen LogP contribution in [0.2, 0.25) is 0 Å². The summed E-state index contributed by atoms with van der Waals surface area (Å²) in [4.78, 5) is 4.29. The second kappa shape index (κ2) is 5.07. The molecule has 0 aliphatic rings. The van der Waals surface area contributed by atoms with E-state index in [9.17, 15) is 0 Å². The van der Waals surface area contributed by atoms with Crippen LogP contribution in [-0.4, -0.2) is 23.3 Å². The van der Waals surface area contributed by atoms with Crippen molar-refractivity contribution in [2.24, 2.45) is 0 Å². The van der Waals surface area contributed by atoms with Crippen molar-refractivity contribution in [2.45, 2.75) is 19.4 Å². The molecular formula is C13H16N4O. The molecule has 0 bridgehead atoms. The summed E-state index contributed by atoms with van der Waals surface area (Å²) < 4.78 is 7.03. The van der Waals surface area contributed by atoms with Crippen molar-refractivity contribution in [3.8, 4) is 6.07 Å². The lowest BCUT2D eigenvalue weighted by Crippen LogP contribution is -2.10. The second-order valence-electron chi connectivity index (χ2n) is 4.26. The molecular weight excluding hydrogens is 228 g/mol. The maximum absolute atomic E-state index is 9.06. The number of imidazole rings is 1. The summed E-state index contributed by atoms with van der Waals surface area (Å²) in [5, 5.41) is 9.06. The smallest absolute Gasteiger partial charge is 0.201 e. The molecule has 1 atom stereocenters. The topological polar surface area (TPSA) is 76.9 Å². The molecule has 0 aliphatic carbocycles. The molecule has 0 spiro atoms. The Hall–Kier alpha value is -2.06. The third-order valence-corrected chi connectivity index (χ3v) is 3.05. The molecule has 2 N–H and O–H groups in total. The summed E-state index contributed by atoms with van der Waals surface area (Å²) in [5.41, 5.74) is 8.07. The third kappa shape index (κ3) is 2.03. The fraction of sp³-hybridized carbons (Fsp3) is 0.385. The summed E-state index contributed by atoms with van der Waals surface area (Å²) in [6.07, 6.45) is 0.850. The number of para-hydroxylation sites is 1. The average molecular weight is 244 g/mol. The molecule has 5 nitrogen and oxygen atoms in total. The molecule has 0 amide bonds. The number of benzene rings is 1. The SMILES string of the molecule is COCCC(C)n1c(N)nc2c(C#N)cccc21. The lowest BCUT2D eigenvalue weighted by atomic mass is 10.2. The molecule has 1 aromatic heterocycles. The van der Waals surface area contributed by atoms with Crippen LogP contribution in [0.4, 0.5) is 5.95 Å². The van der Waals surface area contributed by atoms with Gasteiger partial charge in [-0.1, -0.05) is 6.07 Å². The minimum absolute atomic E-state index is 0.184. The molecule has 5 heteroatoms. The maximum atomic E-state index is 9.06. The number of nitrogens with two attached hydrogens (primary N) is 1. The first-order valence-corrected chi connectivity index (χ1v) is 5.84. The van der Waals surface area contributed by atoms with E-state index in [4.69, 9.17) is 15.7 Å². The number of hydrogen-bond acceptors (Lipinski definition) is 4. The number of rotatable bonds is 4. The molecule has 0 fully saturated rings. The standard InChI is InChI=1S/C13H16N4O/c1-9(6-7-18-2)17-11-5-3-4-10(8-14)12(11)16-13(17)15/h3-5,9H,6-7H2,1-2H3,(H2,15,16). The maximum Gasteiger partial charge on any atom is 0.201 e. The largest absolute Gasteiger partial charge is 0.385 e. The van der Waals surface area contributed by atoms with Crippen LogP contribution in [0, 0.1) is 11.3 Å². The van der Waals surface area contributed by atoms with Crippen molar-refractivity contribution in [3.05, 3.63) is 23.8 Å². The second-order valence-corrected chi connectivity index (χ2v) is 4.26. The molecule has 0 aliphatic heterocycles. The van der Waals surface area contributed by atoms with Gasteiger partial charge in [-0.25, -0.2) is 4.98 Å². The Morgan fingerprint density at radius 2 is 2.33 bits per heavy atom. The minimum Gasteiger partial charge on any atom is -0.385 e. The minimum atomic E-state index is 0.184. The number of aromatic nitrogens is 2. The number of nitriles is 1. The van der Waals surface area contributed by atoms with Gasteiger partial charge in [0.25, 0.3) is 0 Å². The molecule has 1 unspecified atom stereocenters. The molecule has 0 saturated heterocycles. The molecule has 1 aromatic carbocycles. The first kappa shape index (κ1) is 12.4. The summed E-state index contributed by atoms with van der Waals surface area (Å²) in [5.74, 6) is 0.441. The molecule has 1 heterocycles. The number of nitrogen functional groups attached to an aromatic ring is 1.